The van der Waals surface area contributed by atoms with E-state index < -0.39 is 11.6 Å². The fourth-order valence-corrected chi connectivity index (χ4v) is 6.55. The minimum atomic E-state index is -0.841. The van der Waals surface area contributed by atoms with Gasteiger partial charge in [0, 0.05) is 36.0 Å². The zero-order chi connectivity index (χ0) is 33.5. The third-order valence-electron chi connectivity index (χ3n) is 8.94. The molecule has 3 aliphatic rings. The lowest BCUT2D eigenvalue weighted by Crippen LogP contribution is -2.40. The maximum Gasteiger partial charge on any atom is 0.308 e. The first-order valence-corrected chi connectivity index (χ1v) is 17.2. The first kappa shape index (κ1) is 35.1. The van der Waals surface area contributed by atoms with Gasteiger partial charge in [-0.15, -0.1) is 0 Å². The number of anilines is 1. The molecule has 2 N–H and O–H groups in total. The van der Waals surface area contributed by atoms with E-state index in [0.29, 0.717) is 5.41 Å². The van der Waals surface area contributed by atoms with Crippen LogP contribution in [-0.4, -0.2) is 49.5 Å². The molecule has 0 saturated carbocycles. The number of carboxylic acid groups (broad SMARTS) is 1. The highest BCUT2D eigenvalue weighted by molar-refractivity contribution is 5.77. The zero-order valence-electron chi connectivity index (χ0n) is 29.1. The molecule has 0 aliphatic carbocycles. The second kappa shape index (κ2) is 15.3. The standard InChI is InChI=1S/C33H38N4O2.C4H10O.C2H6/c1-23-28(21-31(38)39)32-36-18-16-33(2,17-19-36)15-8-4-3-5-10-24-11-6-7-14-27(24)25-12-9-13-26(20-25)29-22-30(34-23)37(32)35-29;1-4(2,3)5;1-2/h6-7,9,11-14,20,22H,3-5,8,10,15-19,21H2,1-2H3,(H,38,39);5H,1-3H3;1-2H3. The van der Waals surface area contributed by atoms with Crippen molar-refractivity contribution in [1.82, 2.24) is 14.6 Å². The summed E-state index contributed by atoms with van der Waals surface area (Å²) >= 11 is 0. The number of hydrogen-bond acceptors (Lipinski definition) is 5. The Labute approximate surface area is 275 Å². The van der Waals surface area contributed by atoms with Crippen LogP contribution in [0.1, 0.15) is 103 Å². The van der Waals surface area contributed by atoms with Crippen LogP contribution in [0.2, 0.25) is 0 Å². The molecule has 46 heavy (non-hydrogen) atoms. The number of aromatic nitrogens is 3. The molecule has 0 spiro atoms. The van der Waals surface area contributed by atoms with Crippen LogP contribution in [0.5, 0.6) is 0 Å². The Morgan fingerprint density at radius 2 is 1.57 bits per heavy atom. The van der Waals surface area contributed by atoms with Crippen molar-refractivity contribution in [1.29, 1.82) is 0 Å². The van der Waals surface area contributed by atoms with Gasteiger partial charge in [-0.2, -0.15) is 9.61 Å². The Kier molecular flexibility index (Phi) is 11.7. The summed E-state index contributed by atoms with van der Waals surface area (Å²) in [5, 5.41) is 23.3. The Morgan fingerprint density at radius 3 is 2.26 bits per heavy atom. The number of rotatable bonds is 2. The molecule has 7 nitrogen and oxygen atoms in total. The molecule has 0 unspecified atom stereocenters. The molecule has 3 aliphatic heterocycles. The number of aliphatic carboxylic acids is 1. The second-order valence-corrected chi connectivity index (χ2v) is 14.0. The molecule has 0 radical (unpaired) electrons. The summed E-state index contributed by atoms with van der Waals surface area (Å²) in [5.41, 5.74) is 7.91. The van der Waals surface area contributed by atoms with Gasteiger partial charge in [-0.1, -0.05) is 82.5 Å². The van der Waals surface area contributed by atoms with Gasteiger partial charge < -0.3 is 15.1 Å². The summed E-state index contributed by atoms with van der Waals surface area (Å²) in [6.45, 7) is 15.4. The lowest BCUT2D eigenvalue weighted by molar-refractivity contribution is -0.136. The Balaban J connectivity index is 0.000000628. The van der Waals surface area contributed by atoms with Crippen molar-refractivity contribution in [3.8, 4) is 22.4 Å². The topological polar surface area (TPSA) is 91.0 Å². The van der Waals surface area contributed by atoms with Crippen LogP contribution in [-0.2, 0) is 17.6 Å². The van der Waals surface area contributed by atoms with Gasteiger partial charge in [0.05, 0.1) is 17.7 Å². The molecule has 7 rings (SSSR count). The Morgan fingerprint density at radius 1 is 0.913 bits per heavy atom. The third kappa shape index (κ3) is 8.97. The number of carbonyl (C=O) groups is 1. The molecule has 2 aromatic carbocycles. The van der Waals surface area contributed by atoms with Crippen molar-refractivity contribution < 1.29 is 15.0 Å². The molecule has 248 valence electrons. The molecule has 1 fully saturated rings. The molecule has 4 aromatic rings. The largest absolute Gasteiger partial charge is 0.481 e. The molecule has 1 saturated heterocycles. The quantitative estimate of drug-likeness (QED) is 0.231. The summed E-state index contributed by atoms with van der Waals surface area (Å²) in [5.74, 6) is 0.0548. The first-order valence-electron chi connectivity index (χ1n) is 17.2. The average molecular weight is 627 g/mol. The number of aryl methyl sites for hydroxylation is 2. The summed E-state index contributed by atoms with van der Waals surface area (Å²) in [7, 11) is 0. The Bertz CT molecular complexity index is 1600. The van der Waals surface area contributed by atoms with Crippen LogP contribution in [0.25, 0.3) is 28.0 Å². The highest BCUT2D eigenvalue weighted by Crippen LogP contribution is 2.39. The summed E-state index contributed by atoms with van der Waals surface area (Å²) in [4.78, 5) is 19.1. The second-order valence-electron chi connectivity index (χ2n) is 14.0. The van der Waals surface area contributed by atoms with E-state index in [4.69, 9.17) is 15.2 Å². The molecule has 7 heteroatoms. The van der Waals surface area contributed by atoms with Crippen molar-refractivity contribution in [2.75, 3.05) is 18.0 Å². The van der Waals surface area contributed by atoms with E-state index in [0.717, 1.165) is 66.3 Å². The van der Waals surface area contributed by atoms with Gasteiger partial charge in [-0.05, 0) is 88.0 Å². The van der Waals surface area contributed by atoms with E-state index in [1.165, 1.54) is 48.8 Å². The zero-order valence-corrected chi connectivity index (χ0v) is 29.1. The molecule has 0 amide bonds. The van der Waals surface area contributed by atoms with Crippen molar-refractivity contribution in [2.24, 2.45) is 5.41 Å². The molecule has 0 atom stereocenters. The van der Waals surface area contributed by atoms with E-state index in [2.05, 4.69) is 60.4 Å². The van der Waals surface area contributed by atoms with Crippen LogP contribution in [0.3, 0.4) is 0 Å². The lowest BCUT2D eigenvalue weighted by atomic mass is 9.76. The van der Waals surface area contributed by atoms with E-state index >= 15 is 0 Å². The number of hydrogen-bond donors (Lipinski definition) is 2. The van der Waals surface area contributed by atoms with E-state index in [1.54, 1.807) is 20.8 Å². The number of fused-ring (bicyclic) bond motifs is 7. The van der Waals surface area contributed by atoms with Gasteiger partial charge in [0.15, 0.2) is 5.65 Å². The van der Waals surface area contributed by atoms with Crippen molar-refractivity contribution in [2.45, 2.75) is 112 Å². The van der Waals surface area contributed by atoms with Crippen molar-refractivity contribution >= 4 is 17.4 Å². The van der Waals surface area contributed by atoms with Gasteiger partial charge in [-0.3, -0.25) is 4.79 Å². The first-order chi connectivity index (χ1) is 21.9. The number of nitrogens with zero attached hydrogens (tertiary/aromatic N) is 4. The minimum absolute atomic E-state index is 0.0562. The molecule has 5 heterocycles. The number of piperidine rings is 1. The van der Waals surface area contributed by atoms with Gasteiger partial charge in [0.2, 0.25) is 0 Å². The molecular weight excluding hydrogens is 572 g/mol. The van der Waals surface area contributed by atoms with Gasteiger partial charge in [-0.25, -0.2) is 4.98 Å². The minimum Gasteiger partial charge on any atom is -0.481 e. The lowest BCUT2D eigenvalue weighted by Gasteiger charge is -2.41. The van der Waals surface area contributed by atoms with Crippen LogP contribution in [0, 0.1) is 12.3 Å². The monoisotopic (exact) mass is 626 g/mol. The normalized spacial score (nSPS) is 16.2. The van der Waals surface area contributed by atoms with Crippen LogP contribution < -0.4 is 4.90 Å². The van der Waals surface area contributed by atoms with Crippen LogP contribution >= 0.6 is 0 Å². The number of carboxylic acids is 1. The van der Waals surface area contributed by atoms with Crippen molar-refractivity contribution in [3.63, 3.8) is 0 Å². The fourth-order valence-electron chi connectivity index (χ4n) is 6.55. The average Bonchev–Trinajstić information content (AvgIpc) is 3.43. The number of aliphatic hydroxyl groups is 1. The van der Waals surface area contributed by atoms with Gasteiger partial charge >= 0.3 is 5.97 Å². The van der Waals surface area contributed by atoms with E-state index in [9.17, 15) is 9.90 Å². The van der Waals surface area contributed by atoms with Crippen LogP contribution in [0.4, 0.5) is 5.82 Å². The SMILES string of the molecule is CC.CC(C)(C)O.Cc1nc2cc3nn2c(c1CC(=O)O)N1CCC(C)(CCCCCCc2ccccc2-c2cccc-3c2)CC1. The summed E-state index contributed by atoms with van der Waals surface area (Å²) < 4.78 is 1.90. The van der Waals surface area contributed by atoms with E-state index in [1.807, 2.05) is 31.4 Å². The highest BCUT2D eigenvalue weighted by atomic mass is 16.4. The molecule has 2 aromatic heterocycles. The maximum absolute atomic E-state index is 11.9. The van der Waals surface area contributed by atoms with Gasteiger partial charge in [0.1, 0.15) is 5.82 Å². The third-order valence-corrected chi connectivity index (χ3v) is 8.94. The predicted octanol–water partition coefficient (Wildman–Crippen LogP) is 8.92. The molecular formula is C39H54N4O3. The summed E-state index contributed by atoms with van der Waals surface area (Å²) in [6, 6.07) is 19.4. The summed E-state index contributed by atoms with van der Waals surface area (Å²) in [6.07, 6.45) is 9.52. The molecule has 6 bridgehead atoms. The maximum atomic E-state index is 11.9. The smallest absolute Gasteiger partial charge is 0.308 e. The van der Waals surface area contributed by atoms with Crippen LogP contribution in [0.15, 0.2) is 54.6 Å². The van der Waals surface area contributed by atoms with Gasteiger partial charge in [0.25, 0.3) is 0 Å². The predicted molar refractivity (Wildman–Crippen MR) is 190 cm³/mol. The fraction of sp³-hybridized carbons (Fsp3) is 0.513. The van der Waals surface area contributed by atoms with Crippen molar-refractivity contribution in [3.05, 3.63) is 71.4 Å². The van der Waals surface area contributed by atoms with E-state index in [-0.39, 0.29) is 6.42 Å². The Hall–Kier alpha value is -3.71. The highest BCUT2D eigenvalue weighted by Gasteiger charge is 2.32. The number of benzene rings is 2.